The topological polar surface area (TPSA) is 110 Å². The molecule has 1 aliphatic heterocycles. The van der Waals surface area contributed by atoms with Crippen LogP contribution in [0.5, 0.6) is 0 Å². The number of hydrogen-bond acceptors (Lipinski definition) is 7. The number of sulfonamides is 1. The maximum atomic E-state index is 11.5. The molecule has 0 unspecified atom stereocenters. The average Bonchev–Trinajstić information content (AvgIpc) is 2.80. The SMILES string of the molecule is Cn1ncc2c(N)nc(N3CCN(S(C)(=O)=O)CC3)nc21. The van der Waals surface area contributed by atoms with Crippen molar-refractivity contribution in [1.82, 2.24) is 24.1 Å². The molecule has 3 heterocycles. The summed E-state index contributed by atoms with van der Waals surface area (Å²) in [5, 5.41) is 4.83. The molecule has 0 atom stereocenters. The molecule has 1 saturated heterocycles. The summed E-state index contributed by atoms with van der Waals surface area (Å²) in [4.78, 5) is 10.7. The predicted octanol–water partition coefficient (Wildman–Crippen LogP) is -0.973. The van der Waals surface area contributed by atoms with Crippen molar-refractivity contribution >= 4 is 32.8 Å². The number of rotatable bonds is 2. The van der Waals surface area contributed by atoms with Crippen molar-refractivity contribution in [1.29, 1.82) is 0 Å². The molecule has 21 heavy (non-hydrogen) atoms. The van der Waals surface area contributed by atoms with Gasteiger partial charge in [-0.15, -0.1) is 0 Å². The second kappa shape index (κ2) is 4.81. The monoisotopic (exact) mass is 311 g/mol. The van der Waals surface area contributed by atoms with Gasteiger partial charge in [0.2, 0.25) is 16.0 Å². The highest BCUT2D eigenvalue weighted by molar-refractivity contribution is 7.88. The minimum absolute atomic E-state index is 0.383. The van der Waals surface area contributed by atoms with Crippen LogP contribution in [0.2, 0.25) is 0 Å². The molecule has 0 aromatic carbocycles. The zero-order valence-corrected chi connectivity index (χ0v) is 12.7. The predicted molar refractivity (Wildman–Crippen MR) is 79.3 cm³/mol. The summed E-state index contributed by atoms with van der Waals surface area (Å²) < 4.78 is 26.1. The summed E-state index contributed by atoms with van der Waals surface area (Å²) in [6.07, 6.45) is 2.86. The van der Waals surface area contributed by atoms with Crippen molar-refractivity contribution in [3.05, 3.63) is 6.20 Å². The first-order valence-corrected chi connectivity index (χ1v) is 8.36. The second-order valence-electron chi connectivity index (χ2n) is 5.06. The maximum absolute atomic E-state index is 11.5. The summed E-state index contributed by atoms with van der Waals surface area (Å²) in [5.41, 5.74) is 6.61. The van der Waals surface area contributed by atoms with Crippen LogP contribution in [-0.2, 0) is 17.1 Å². The molecule has 2 aromatic heterocycles. The van der Waals surface area contributed by atoms with E-state index in [-0.39, 0.29) is 0 Å². The number of piperazine rings is 1. The van der Waals surface area contributed by atoms with Crippen LogP contribution in [0.3, 0.4) is 0 Å². The summed E-state index contributed by atoms with van der Waals surface area (Å²) >= 11 is 0. The van der Waals surface area contributed by atoms with E-state index < -0.39 is 10.0 Å². The zero-order valence-electron chi connectivity index (χ0n) is 11.9. The van der Waals surface area contributed by atoms with Gasteiger partial charge in [-0.25, -0.2) is 8.42 Å². The molecule has 10 heteroatoms. The number of aryl methyl sites for hydroxylation is 1. The molecule has 0 saturated carbocycles. The number of anilines is 2. The fourth-order valence-electron chi connectivity index (χ4n) is 2.39. The number of hydrogen-bond donors (Lipinski definition) is 1. The molecular formula is C11H17N7O2S. The van der Waals surface area contributed by atoms with E-state index in [1.807, 2.05) is 4.90 Å². The molecule has 3 rings (SSSR count). The molecule has 0 radical (unpaired) electrons. The van der Waals surface area contributed by atoms with Crippen molar-refractivity contribution in [3.8, 4) is 0 Å². The Labute approximate surface area is 122 Å². The van der Waals surface area contributed by atoms with E-state index in [0.717, 1.165) is 5.39 Å². The van der Waals surface area contributed by atoms with E-state index >= 15 is 0 Å². The molecule has 1 aliphatic rings. The number of fused-ring (bicyclic) bond motifs is 1. The van der Waals surface area contributed by atoms with Crippen molar-refractivity contribution in [2.75, 3.05) is 43.1 Å². The van der Waals surface area contributed by atoms with E-state index in [1.165, 1.54) is 10.6 Å². The molecule has 1 fully saturated rings. The minimum atomic E-state index is -3.15. The van der Waals surface area contributed by atoms with E-state index in [2.05, 4.69) is 15.1 Å². The van der Waals surface area contributed by atoms with Gasteiger partial charge in [0, 0.05) is 33.2 Å². The lowest BCUT2D eigenvalue weighted by Crippen LogP contribution is -2.48. The van der Waals surface area contributed by atoms with Gasteiger partial charge in [-0.2, -0.15) is 19.4 Å². The third kappa shape index (κ3) is 2.51. The van der Waals surface area contributed by atoms with Crippen LogP contribution in [0.15, 0.2) is 6.20 Å². The first-order valence-electron chi connectivity index (χ1n) is 6.51. The van der Waals surface area contributed by atoms with Crippen LogP contribution in [0.4, 0.5) is 11.8 Å². The fraction of sp³-hybridized carbons (Fsp3) is 0.545. The van der Waals surface area contributed by atoms with Crippen LogP contribution >= 0.6 is 0 Å². The second-order valence-corrected chi connectivity index (χ2v) is 7.05. The molecule has 0 bridgehead atoms. The van der Waals surface area contributed by atoms with Crippen molar-refractivity contribution in [2.45, 2.75) is 0 Å². The smallest absolute Gasteiger partial charge is 0.229 e. The first-order chi connectivity index (χ1) is 9.86. The maximum Gasteiger partial charge on any atom is 0.229 e. The van der Waals surface area contributed by atoms with E-state index in [4.69, 9.17) is 5.73 Å². The lowest BCUT2D eigenvalue weighted by Gasteiger charge is -2.33. The van der Waals surface area contributed by atoms with Gasteiger partial charge in [0.25, 0.3) is 0 Å². The van der Waals surface area contributed by atoms with Gasteiger partial charge in [0.05, 0.1) is 17.8 Å². The Hall–Kier alpha value is -1.94. The van der Waals surface area contributed by atoms with E-state index in [1.54, 1.807) is 17.9 Å². The van der Waals surface area contributed by atoms with Gasteiger partial charge >= 0.3 is 0 Å². The Bertz CT molecular complexity index is 777. The highest BCUT2D eigenvalue weighted by Crippen LogP contribution is 2.21. The van der Waals surface area contributed by atoms with Crippen molar-refractivity contribution in [3.63, 3.8) is 0 Å². The fourth-order valence-corrected chi connectivity index (χ4v) is 3.22. The summed E-state index contributed by atoms with van der Waals surface area (Å²) in [6, 6.07) is 0. The van der Waals surface area contributed by atoms with E-state index in [0.29, 0.717) is 43.6 Å². The third-order valence-electron chi connectivity index (χ3n) is 3.60. The van der Waals surface area contributed by atoms with Crippen LogP contribution in [0, 0.1) is 0 Å². The van der Waals surface area contributed by atoms with Gasteiger partial charge in [-0.1, -0.05) is 0 Å². The molecule has 114 valence electrons. The molecule has 2 N–H and O–H groups in total. The van der Waals surface area contributed by atoms with Gasteiger partial charge < -0.3 is 10.6 Å². The highest BCUT2D eigenvalue weighted by Gasteiger charge is 2.25. The highest BCUT2D eigenvalue weighted by atomic mass is 32.2. The molecule has 2 aromatic rings. The van der Waals surface area contributed by atoms with Crippen LogP contribution in [-0.4, -0.2) is 64.9 Å². The van der Waals surface area contributed by atoms with Gasteiger partial charge in [-0.05, 0) is 0 Å². The minimum Gasteiger partial charge on any atom is -0.383 e. The Balaban J connectivity index is 1.87. The Morgan fingerprint density at radius 1 is 1.19 bits per heavy atom. The van der Waals surface area contributed by atoms with E-state index in [9.17, 15) is 8.42 Å². The Morgan fingerprint density at radius 2 is 1.86 bits per heavy atom. The number of nitrogens with zero attached hydrogens (tertiary/aromatic N) is 6. The van der Waals surface area contributed by atoms with Gasteiger partial charge in [-0.3, -0.25) is 4.68 Å². The number of nitrogen functional groups attached to an aromatic ring is 1. The largest absolute Gasteiger partial charge is 0.383 e. The lowest BCUT2D eigenvalue weighted by atomic mass is 10.3. The van der Waals surface area contributed by atoms with Crippen molar-refractivity contribution in [2.24, 2.45) is 7.05 Å². The average molecular weight is 311 g/mol. The van der Waals surface area contributed by atoms with Gasteiger partial charge in [0.15, 0.2) is 5.65 Å². The molecule has 0 amide bonds. The Kier molecular flexibility index (Phi) is 3.21. The normalized spacial score (nSPS) is 17.5. The van der Waals surface area contributed by atoms with Crippen LogP contribution in [0.1, 0.15) is 0 Å². The molecule has 0 aliphatic carbocycles. The van der Waals surface area contributed by atoms with Crippen LogP contribution < -0.4 is 10.6 Å². The third-order valence-corrected chi connectivity index (χ3v) is 4.90. The number of aromatic nitrogens is 4. The molecule has 9 nitrogen and oxygen atoms in total. The summed E-state index contributed by atoms with van der Waals surface area (Å²) in [6.45, 7) is 1.92. The standard InChI is InChI=1S/C11H17N7O2S/c1-16-10-8(7-13-16)9(12)14-11(15-10)17-3-5-18(6-4-17)21(2,19)20/h7H,3-6H2,1-2H3,(H2,12,14,15). The van der Waals surface area contributed by atoms with Gasteiger partial charge in [0.1, 0.15) is 5.82 Å². The Morgan fingerprint density at radius 3 is 2.48 bits per heavy atom. The van der Waals surface area contributed by atoms with Crippen molar-refractivity contribution < 1.29 is 8.42 Å². The summed E-state index contributed by atoms with van der Waals surface area (Å²) in [5.74, 6) is 0.894. The summed E-state index contributed by atoms with van der Waals surface area (Å²) in [7, 11) is -1.35. The lowest BCUT2D eigenvalue weighted by molar-refractivity contribution is 0.386. The quantitative estimate of drug-likeness (QED) is 0.759. The first kappa shape index (κ1) is 14.0. The molecule has 0 spiro atoms. The molecular weight excluding hydrogens is 294 g/mol. The van der Waals surface area contributed by atoms with Crippen LogP contribution in [0.25, 0.3) is 11.0 Å². The zero-order chi connectivity index (χ0) is 15.2. The number of nitrogens with two attached hydrogens (primary N) is 1.